The Morgan fingerprint density at radius 1 is 0.935 bits per heavy atom. The number of thioether (sulfide) groups is 1. The Morgan fingerprint density at radius 3 is 2.32 bits per heavy atom. The van der Waals surface area contributed by atoms with Gasteiger partial charge in [0.15, 0.2) is 5.76 Å². The zero-order valence-electron chi connectivity index (χ0n) is 16.5. The molecule has 4 aromatic rings. The number of carbonyl (C=O) groups excluding carboxylic acids is 2. The predicted molar refractivity (Wildman–Crippen MR) is 125 cm³/mol. The number of anilines is 2. The van der Waals surface area contributed by atoms with Crippen LogP contribution in [0.15, 0.2) is 71.6 Å². The summed E-state index contributed by atoms with van der Waals surface area (Å²) in [6.45, 7) is 0. The Kier molecular flexibility index (Phi) is 5.40. The number of amides is 2. The van der Waals surface area contributed by atoms with Crippen LogP contribution in [0.2, 0.25) is 0 Å². The third kappa shape index (κ3) is 4.04. The number of benzene rings is 1. The van der Waals surface area contributed by atoms with E-state index >= 15 is 0 Å². The third-order valence-electron chi connectivity index (χ3n) is 5.01. The molecular weight excluding hydrogens is 430 g/mol. The van der Waals surface area contributed by atoms with Crippen molar-refractivity contribution in [2.75, 3.05) is 16.4 Å². The zero-order valence-corrected chi connectivity index (χ0v) is 18.1. The minimum Gasteiger partial charge on any atom is -0.459 e. The topological polar surface area (TPSA) is 76.3 Å². The smallest absolute Gasteiger partial charge is 0.291 e. The minimum atomic E-state index is -0.319. The number of thiophene rings is 1. The predicted octanol–water partition coefficient (Wildman–Crippen LogP) is 5.43. The van der Waals surface area contributed by atoms with Crippen LogP contribution in [0.4, 0.5) is 11.4 Å². The molecule has 0 saturated heterocycles. The number of aromatic nitrogens is 1. The van der Waals surface area contributed by atoms with Crippen molar-refractivity contribution in [3.8, 4) is 5.00 Å². The Hall–Kier alpha value is -3.23. The second-order valence-corrected chi connectivity index (χ2v) is 9.23. The van der Waals surface area contributed by atoms with Gasteiger partial charge in [-0.05, 0) is 66.3 Å². The van der Waals surface area contributed by atoms with E-state index in [-0.39, 0.29) is 17.6 Å². The van der Waals surface area contributed by atoms with Crippen LogP contribution in [0.25, 0.3) is 5.00 Å². The van der Waals surface area contributed by atoms with Crippen LogP contribution in [0.1, 0.15) is 31.4 Å². The van der Waals surface area contributed by atoms with Crippen LogP contribution in [-0.2, 0) is 12.2 Å². The lowest BCUT2D eigenvalue weighted by atomic mass is 10.1. The number of nitrogens with one attached hydrogen (secondary N) is 2. The van der Waals surface area contributed by atoms with E-state index in [0.717, 1.165) is 34.1 Å². The number of rotatable bonds is 5. The molecule has 0 spiro atoms. The first-order valence-electron chi connectivity index (χ1n) is 9.81. The first-order chi connectivity index (χ1) is 15.2. The summed E-state index contributed by atoms with van der Waals surface area (Å²) < 4.78 is 7.11. The lowest BCUT2D eigenvalue weighted by Gasteiger charge is -2.13. The molecule has 0 unspecified atom stereocenters. The van der Waals surface area contributed by atoms with Gasteiger partial charge in [0.1, 0.15) is 5.00 Å². The van der Waals surface area contributed by atoms with Gasteiger partial charge in [0.25, 0.3) is 11.8 Å². The molecule has 1 aromatic carbocycles. The van der Waals surface area contributed by atoms with Crippen molar-refractivity contribution in [3.63, 3.8) is 0 Å². The Labute approximate surface area is 187 Å². The maximum absolute atomic E-state index is 13.3. The quantitative estimate of drug-likeness (QED) is 0.426. The largest absolute Gasteiger partial charge is 0.459 e. The fourth-order valence-electron chi connectivity index (χ4n) is 3.53. The van der Waals surface area contributed by atoms with E-state index in [4.69, 9.17) is 4.42 Å². The van der Waals surface area contributed by atoms with Crippen molar-refractivity contribution < 1.29 is 14.0 Å². The van der Waals surface area contributed by atoms with E-state index in [9.17, 15) is 9.59 Å². The molecule has 8 heteroatoms. The summed E-state index contributed by atoms with van der Waals surface area (Å²) in [7, 11) is 0. The van der Waals surface area contributed by atoms with Gasteiger partial charge in [-0.3, -0.25) is 9.59 Å². The molecule has 4 heterocycles. The summed E-state index contributed by atoms with van der Waals surface area (Å²) in [5, 5.41) is 6.75. The summed E-state index contributed by atoms with van der Waals surface area (Å²) >= 11 is 3.60. The molecule has 3 aromatic heterocycles. The molecule has 0 atom stereocenters. The van der Waals surface area contributed by atoms with Gasteiger partial charge in [0.2, 0.25) is 0 Å². The minimum absolute atomic E-state index is 0.111. The average Bonchev–Trinajstić information content (AvgIpc) is 3.55. The zero-order chi connectivity index (χ0) is 21.2. The third-order valence-corrected chi connectivity index (χ3v) is 7.43. The van der Waals surface area contributed by atoms with Gasteiger partial charge < -0.3 is 19.6 Å². The van der Waals surface area contributed by atoms with E-state index in [1.165, 1.54) is 11.1 Å². The average molecular weight is 450 g/mol. The Balaban J connectivity index is 1.36. The number of carbonyl (C=O) groups is 2. The highest BCUT2D eigenvalue weighted by molar-refractivity contribution is 7.98. The number of hydrogen-bond acceptors (Lipinski definition) is 5. The summed E-state index contributed by atoms with van der Waals surface area (Å²) in [5.74, 6) is 1.79. The summed E-state index contributed by atoms with van der Waals surface area (Å²) in [4.78, 5) is 26.7. The maximum Gasteiger partial charge on any atom is 0.291 e. The van der Waals surface area contributed by atoms with Crippen molar-refractivity contribution >= 4 is 46.3 Å². The summed E-state index contributed by atoms with van der Waals surface area (Å²) in [5.41, 5.74) is 3.21. The number of nitrogens with zero attached hydrogens (tertiary/aromatic N) is 1. The van der Waals surface area contributed by atoms with Crippen molar-refractivity contribution in [2.45, 2.75) is 12.2 Å². The molecular formula is C23H19N3O3S2. The SMILES string of the molecule is O=C(Nc1ccc(NC(=O)c2c(-n3cccc3)sc3c2CCSC3)cc1)c1ccco1. The van der Waals surface area contributed by atoms with Crippen LogP contribution >= 0.6 is 23.1 Å². The lowest BCUT2D eigenvalue weighted by molar-refractivity contribution is 0.0994. The monoisotopic (exact) mass is 449 g/mol. The van der Waals surface area contributed by atoms with Gasteiger partial charge >= 0.3 is 0 Å². The van der Waals surface area contributed by atoms with Crippen molar-refractivity contribution in [2.24, 2.45) is 0 Å². The van der Waals surface area contributed by atoms with E-state index < -0.39 is 0 Å². The fraction of sp³-hybridized carbons (Fsp3) is 0.130. The van der Waals surface area contributed by atoms with Crippen LogP contribution in [0.3, 0.4) is 0 Å². The van der Waals surface area contributed by atoms with Crippen LogP contribution in [0.5, 0.6) is 0 Å². The Bertz CT molecular complexity index is 1210. The molecule has 31 heavy (non-hydrogen) atoms. The second kappa shape index (κ2) is 8.49. The van der Waals surface area contributed by atoms with E-state index in [1.54, 1.807) is 47.7 Å². The molecule has 2 N–H and O–H groups in total. The molecule has 6 nitrogen and oxygen atoms in total. The summed E-state index contributed by atoms with van der Waals surface area (Å²) in [6.07, 6.45) is 6.30. The second-order valence-electron chi connectivity index (χ2n) is 7.04. The van der Waals surface area contributed by atoms with Crippen LogP contribution in [-0.4, -0.2) is 22.1 Å². The number of hydrogen-bond donors (Lipinski definition) is 2. The first kappa shape index (κ1) is 19.7. The van der Waals surface area contributed by atoms with Crippen molar-refractivity contribution in [1.82, 2.24) is 4.57 Å². The molecule has 156 valence electrons. The first-order valence-corrected chi connectivity index (χ1v) is 11.8. The molecule has 2 amide bonds. The molecule has 1 aliphatic heterocycles. The van der Waals surface area contributed by atoms with Gasteiger partial charge in [-0.25, -0.2) is 0 Å². The van der Waals surface area contributed by atoms with Crippen LogP contribution < -0.4 is 10.6 Å². The standard InChI is InChI=1S/C23H19N3O3S2/c27-21(18-4-3-12-29-18)24-15-5-7-16(8-6-15)25-22(28)20-17-9-13-30-14-19(17)31-23(20)26-10-1-2-11-26/h1-8,10-12H,9,13-14H2,(H,24,27)(H,25,28). The molecule has 0 fully saturated rings. The van der Waals surface area contributed by atoms with E-state index in [0.29, 0.717) is 11.4 Å². The van der Waals surface area contributed by atoms with Gasteiger partial charge in [-0.1, -0.05) is 0 Å². The lowest BCUT2D eigenvalue weighted by Crippen LogP contribution is -2.16. The summed E-state index contributed by atoms with van der Waals surface area (Å²) in [6, 6.07) is 14.3. The number of furan rings is 1. The fourth-order valence-corrected chi connectivity index (χ4v) is 5.98. The molecule has 0 bridgehead atoms. The highest BCUT2D eigenvalue weighted by Crippen LogP contribution is 2.38. The van der Waals surface area contributed by atoms with E-state index in [1.807, 2.05) is 40.9 Å². The van der Waals surface area contributed by atoms with E-state index in [2.05, 4.69) is 10.6 Å². The maximum atomic E-state index is 13.3. The molecule has 0 saturated carbocycles. The number of fused-ring (bicyclic) bond motifs is 1. The molecule has 5 rings (SSSR count). The normalized spacial score (nSPS) is 12.9. The molecule has 0 aliphatic carbocycles. The van der Waals surface area contributed by atoms with Gasteiger partial charge in [-0.15, -0.1) is 11.3 Å². The van der Waals surface area contributed by atoms with Gasteiger partial charge in [0.05, 0.1) is 11.8 Å². The van der Waals surface area contributed by atoms with Crippen molar-refractivity contribution in [1.29, 1.82) is 0 Å². The van der Waals surface area contributed by atoms with Gasteiger partial charge in [-0.2, -0.15) is 11.8 Å². The van der Waals surface area contributed by atoms with Crippen molar-refractivity contribution in [3.05, 3.63) is 89.0 Å². The van der Waals surface area contributed by atoms with Gasteiger partial charge in [0, 0.05) is 34.4 Å². The Morgan fingerprint density at radius 2 is 1.65 bits per heavy atom. The highest BCUT2D eigenvalue weighted by Gasteiger charge is 2.26. The molecule has 1 aliphatic rings. The van der Waals surface area contributed by atoms with Crippen LogP contribution in [0, 0.1) is 0 Å². The highest BCUT2D eigenvalue weighted by atomic mass is 32.2. The molecule has 0 radical (unpaired) electrons.